The lowest BCUT2D eigenvalue weighted by atomic mass is 9.74. The van der Waals surface area contributed by atoms with E-state index in [1.165, 1.54) is 6.92 Å². The van der Waals surface area contributed by atoms with Gasteiger partial charge in [-0.25, -0.2) is 0 Å². The van der Waals surface area contributed by atoms with E-state index >= 15 is 0 Å². The number of hydrogen-bond acceptors (Lipinski definition) is 8. The molecule has 0 aromatic rings. The van der Waals surface area contributed by atoms with E-state index in [1.807, 2.05) is 6.92 Å². The molecule has 10 heteroatoms. The maximum Gasteiger partial charge on any atom is 0.306 e. The zero-order chi connectivity index (χ0) is 20.6. The molecule has 10 nitrogen and oxygen atoms in total. The molecule has 154 valence electrons. The third-order valence-electron chi connectivity index (χ3n) is 5.51. The first-order valence-corrected chi connectivity index (χ1v) is 9.27. The van der Waals surface area contributed by atoms with Crippen molar-refractivity contribution in [2.75, 3.05) is 13.2 Å². The molecule has 3 heterocycles. The molecule has 3 saturated heterocycles. The number of imide groups is 1. The maximum atomic E-state index is 12.7. The lowest BCUT2D eigenvalue weighted by Gasteiger charge is -2.29. The molecule has 0 aliphatic carbocycles. The standard InChI is InChI=1S/C18H23NO9/c1-8-14-12-13(16(28-14)15(8)27-9(2)20)18(25)19(17(12)24)6-3-7-26-11(23)5-4-10(21)22/h8,12-16H,3-7H2,1-2H3,(H,21,22)/t8-,12?,13?,14-,15?,16?/m1/s1. The molecule has 0 aromatic heterocycles. The van der Waals surface area contributed by atoms with Crippen molar-refractivity contribution in [3.63, 3.8) is 0 Å². The second kappa shape index (κ2) is 7.86. The molecule has 1 N–H and O–H groups in total. The number of likely N-dealkylation sites (tertiary alicyclic amines) is 1. The summed E-state index contributed by atoms with van der Waals surface area (Å²) < 4.78 is 16.0. The van der Waals surface area contributed by atoms with Crippen molar-refractivity contribution in [2.24, 2.45) is 17.8 Å². The van der Waals surface area contributed by atoms with Crippen LogP contribution in [-0.2, 0) is 38.2 Å². The molecule has 0 radical (unpaired) electrons. The zero-order valence-corrected chi connectivity index (χ0v) is 15.7. The smallest absolute Gasteiger partial charge is 0.306 e. The first kappa shape index (κ1) is 20.2. The molecule has 0 spiro atoms. The van der Waals surface area contributed by atoms with E-state index in [-0.39, 0.29) is 50.1 Å². The van der Waals surface area contributed by atoms with Gasteiger partial charge in [0.1, 0.15) is 12.2 Å². The fourth-order valence-corrected chi connectivity index (χ4v) is 4.31. The third-order valence-corrected chi connectivity index (χ3v) is 5.51. The van der Waals surface area contributed by atoms with Crippen LogP contribution in [-0.4, -0.2) is 71.2 Å². The Kier molecular flexibility index (Phi) is 5.69. The van der Waals surface area contributed by atoms with Crippen molar-refractivity contribution >= 4 is 29.7 Å². The molecule has 2 amide bonds. The van der Waals surface area contributed by atoms with Gasteiger partial charge in [-0.15, -0.1) is 0 Å². The van der Waals surface area contributed by atoms with E-state index in [1.54, 1.807) is 0 Å². The topological polar surface area (TPSA) is 137 Å². The third kappa shape index (κ3) is 3.60. The summed E-state index contributed by atoms with van der Waals surface area (Å²) in [5.41, 5.74) is 0. The van der Waals surface area contributed by atoms with Crippen LogP contribution < -0.4 is 0 Å². The quantitative estimate of drug-likeness (QED) is 0.333. The molecule has 3 fully saturated rings. The number of carbonyl (C=O) groups is 5. The number of carboxylic acid groups (broad SMARTS) is 1. The average Bonchev–Trinajstić information content (AvgIpc) is 3.22. The van der Waals surface area contributed by atoms with Crippen LogP contribution in [0.1, 0.15) is 33.1 Å². The van der Waals surface area contributed by atoms with Crippen molar-refractivity contribution in [1.29, 1.82) is 0 Å². The van der Waals surface area contributed by atoms with Gasteiger partial charge in [0, 0.05) is 19.4 Å². The van der Waals surface area contributed by atoms with Gasteiger partial charge in [-0.3, -0.25) is 28.9 Å². The van der Waals surface area contributed by atoms with E-state index < -0.39 is 48.1 Å². The number of amides is 2. The van der Waals surface area contributed by atoms with Gasteiger partial charge in [-0.2, -0.15) is 0 Å². The molecule has 6 atom stereocenters. The lowest BCUT2D eigenvalue weighted by Crippen LogP contribution is -2.45. The number of hydrogen-bond donors (Lipinski definition) is 1. The molecule has 3 rings (SSSR count). The first-order chi connectivity index (χ1) is 13.2. The highest BCUT2D eigenvalue weighted by molar-refractivity contribution is 6.06. The van der Waals surface area contributed by atoms with Crippen LogP contribution in [0.25, 0.3) is 0 Å². The largest absolute Gasteiger partial charge is 0.481 e. The summed E-state index contributed by atoms with van der Waals surface area (Å²) in [5.74, 6) is -4.26. The van der Waals surface area contributed by atoms with E-state index in [2.05, 4.69) is 0 Å². The minimum absolute atomic E-state index is 0.0132. The molecule has 28 heavy (non-hydrogen) atoms. The summed E-state index contributed by atoms with van der Waals surface area (Å²) in [6.45, 7) is 3.22. The molecular weight excluding hydrogens is 374 g/mol. The molecule has 3 aliphatic heterocycles. The fraction of sp³-hybridized carbons (Fsp3) is 0.722. The first-order valence-electron chi connectivity index (χ1n) is 9.27. The van der Waals surface area contributed by atoms with Gasteiger partial charge in [0.25, 0.3) is 0 Å². The summed E-state index contributed by atoms with van der Waals surface area (Å²) in [6, 6.07) is 0. The number of rotatable bonds is 8. The van der Waals surface area contributed by atoms with Crippen LogP contribution in [0.4, 0.5) is 0 Å². The predicted octanol–water partition coefficient (Wildman–Crippen LogP) is -0.265. The van der Waals surface area contributed by atoms with Crippen molar-refractivity contribution in [3.8, 4) is 0 Å². The van der Waals surface area contributed by atoms with Crippen molar-refractivity contribution in [3.05, 3.63) is 0 Å². The van der Waals surface area contributed by atoms with E-state index in [0.29, 0.717) is 0 Å². The van der Waals surface area contributed by atoms with Crippen LogP contribution in [0.15, 0.2) is 0 Å². The number of nitrogens with zero attached hydrogens (tertiary/aromatic N) is 1. The van der Waals surface area contributed by atoms with Crippen molar-refractivity contribution in [1.82, 2.24) is 4.90 Å². The summed E-state index contributed by atoms with van der Waals surface area (Å²) in [6.07, 6.45) is -1.91. The zero-order valence-electron chi connectivity index (χ0n) is 15.7. The molecule has 2 bridgehead atoms. The second-order valence-electron chi connectivity index (χ2n) is 7.35. The Morgan fingerprint density at radius 1 is 1.11 bits per heavy atom. The van der Waals surface area contributed by atoms with Gasteiger partial charge in [0.15, 0.2) is 0 Å². The summed E-state index contributed by atoms with van der Waals surface area (Å²) in [4.78, 5) is 59.7. The number of esters is 2. The Balaban J connectivity index is 1.53. The average molecular weight is 397 g/mol. The Bertz CT molecular complexity index is 705. The maximum absolute atomic E-state index is 12.7. The van der Waals surface area contributed by atoms with E-state index in [0.717, 1.165) is 4.90 Å². The van der Waals surface area contributed by atoms with E-state index in [4.69, 9.17) is 19.3 Å². The van der Waals surface area contributed by atoms with Gasteiger partial charge in [0.05, 0.1) is 37.4 Å². The molecule has 4 unspecified atom stereocenters. The SMILES string of the molecule is CC(=O)OC1C2O[C@@H](C3C(=O)N(CCCOC(=O)CCC(=O)O)C(=O)C23)[C@H]1C. The highest BCUT2D eigenvalue weighted by Crippen LogP contribution is 2.52. The molecule has 0 aromatic carbocycles. The van der Waals surface area contributed by atoms with Gasteiger partial charge in [-0.1, -0.05) is 6.92 Å². The van der Waals surface area contributed by atoms with Gasteiger partial charge in [-0.05, 0) is 6.42 Å². The summed E-state index contributed by atoms with van der Waals surface area (Å²) in [5, 5.41) is 8.52. The van der Waals surface area contributed by atoms with Crippen LogP contribution >= 0.6 is 0 Å². The normalized spacial score (nSPS) is 33.1. The lowest BCUT2D eigenvalue weighted by molar-refractivity contribution is -0.154. The highest BCUT2D eigenvalue weighted by Gasteiger charge is 2.68. The number of aliphatic carboxylic acids is 1. The number of fused-ring (bicyclic) bond motifs is 5. The minimum Gasteiger partial charge on any atom is -0.481 e. The second-order valence-corrected chi connectivity index (χ2v) is 7.35. The monoisotopic (exact) mass is 397 g/mol. The Labute approximate surface area is 161 Å². The van der Waals surface area contributed by atoms with Gasteiger partial charge in [0.2, 0.25) is 11.8 Å². The van der Waals surface area contributed by atoms with Gasteiger partial charge >= 0.3 is 17.9 Å². The Morgan fingerprint density at radius 3 is 2.36 bits per heavy atom. The summed E-state index contributed by atoms with van der Waals surface area (Å²) in [7, 11) is 0. The predicted molar refractivity (Wildman–Crippen MR) is 89.5 cm³/mol. The van der Waals surface area contributed by atoms with Crippen LogP contribution in [0.2, 0.25) is 0 Å². The minimum atomic E-state index is -1.09. The van der Waals surface area contributed by atoms with E-state index in [9.17, 15) is 24.0 Å². The van der Waals surface area contributed by atoms with Crippen LogP contribution in [0.5, 0.6) is 0 Å². The molecule has 3 aliphatic rings. The molecule has 0 saturated carbocycles. The summed E-state index contributed by atoms with van der Waals surface area (Å²) >= 11 is 0. The molecular formula is C18H23NO9. The highest BCUT2D eigenvalue weighted by atomic mass is 16.6. The van der Waals surface area contributed by atoms with Crippen molar-refractivity contribution in [2.45, 2.75) is 51.4 Å². The van der Waals surface area contributed by atoms with Crippen LogP contribution in [0, 0.1) is 17.8 Å². The number of ether oxygens (including phenoxy) is 3. The van der Waals surface area contributed by atoms with Gasteiger partial charge < -0.3 is 19.3 Å². The number of carbonyl (C=O) groups excluding carboxylic acids is 4. The number of carboxylic acids is 1. The Hall–Kier alpha value is -2.49. The fourth-order valence-electron chi connectivity index (χ4n) is 4.31. The Morgan fingerprint density at radius 2 is 1.75 bits per heavy atom. The van der Waals surface area contributed by atoms with Crippen molar-refractivity contribution < 1.29 is 43.3 Å². The van der Waals surface area contributed by atoms with Crippen LogP contribution in [0.3, 0.4) is 0 Å².